The maximum atomic E-state index is 12.3. The van der Waals surface area contributed by atoms with Crippen LogP contribution in [0.3, 0.4) is 0 Å². The molecule has 2 N–H and O–H groups in total. The van der Waals surface area contributed by atoms with Gasteiger partial charge in [-0.25, -0.2) is 0 Å². The highest BCUT2D eigenvalue weighted by Crippen LogP contribution is 2.39. The van der Waals surface area contributed by atoms with Crippen LogP contribution in [0.5, 0.6) is 17.2 Å². The summed E-state index contributed by atoms with van der Waals surface area (Å²) in [5.41, 5.74) is 1.18. The lowest BCUT2D eigenvalue weighted by atomic mass is 10.1. The van der Waals surface area contributed by atoms with Gasteiger partial charge in [-0.15, -0.1) is 8.58 Å². The predicted molar refractivity (Wildman–Crippen MR) is 117 cm³/mol. The first-order valence-corrected chi connectivity index (χ1v) is 11.7. The molecule has 0 saturated carbocycles. The molecule has 2 rings (SSSR count). The number of phenolic OH excluding ortho intramolecular Hbond substituents is 1. The molecule has 0 saturated heterocycles. The molecule has 28 heavy (non-hydrogen) atoms. The fourth-order valence-corrected chi connectivity index (χ4v) is 4.41. The summed E-state index contributed by atoms with van der Waals surface area (Å²) in [6.07, 6.45) is 0.974. The van der Waals surface area contributed by atoms with Crippen molar-refractivity contribution in [2.24, 2.45) is 0 Å². The maximum Gasteiger partial charge on any atom is 0.325 e. The Morgan fingerprint density at radius 3 is 2.46 bits per heavy atom. The van der Waals surface area contributed by atoms with Crippen LogP contribution in [-0.2, 0) is 15.7 Å². The van der Waals surface area contributed by atoms with Crippen LogP contribution in [0.25, 0.3) is 0 Å². The molecule has 2 aromatic carbocycles. The Balaban J connectivity index is 2.19. The van der Waals surface area contributed by atoms with Gasteiger partial charge in [0.2, 0.25) is 0 Å². The van der Waals surface area contributed by atoms with E-state index in [4.69, 9.17) is 9.47 Å². The largest absolute Gasteiger partial charge is 0.507 e. The maximum absolute atomic E-state index is 12.3. The van der Waals surface area contributed by atoms with Crippen LogP contribution in [0, 0.1) is 0 Å². The smallest absolute Gasteiger partial charge is 0.325 e. The van der Waals surface area contributed by atoms with Crippen molar-refractivity contribution in [3.63, 3.8) is 0 Å². The van der Waals surface area contributed by atoms with E-state index in [0.717, 1.165) is 23.7 Å². The van der Waals surface area contributed by atoms with Crippen molar-refractivity contribution in [2.75, 3.05) is 19.8 Å². The number of ether oxygens (including phenoxy) is 2. The molecule has 1 atom stereocenters. The number of esters is 1. The van der Waals surface area contributed by atoms with Crippen LogP contribution in [-0.4, -0.2) is 36.8 Å². The molecule has 2 aromatic rings. The highest BCUT2D eigenvalue weighted by atomic mass is 79.9. The topological polar surface area (TPSA) is 84.9 Å². The summed E-state index contributed by atoms with van der Waals surface area (Å²) in [6, 6.07) is 8.31. The van der Waals surface area contributed by atoms with Crippen LogP contribution >= 0.6 is 40.4 Å². The lowest BCUT2D eigenvalue weighted by Crippen LogP contribution is -2.30. The number of aromatic hydroxyl groups is 1. The normalized spacial score (nSPS) is 10.9. The summed E-state index contributed by atoms with van der Waals surface area (Å²) in [6.45, 7) is 3.76. The average Bonchev–Trinajstić information content (AvgIpc) is 2.64. The van der Waals surface area contributed by atoms with Crippen molar-refractivity contribution < 1.29 is 24.2 Å². The third kappa shape index (κ3) is 6.19. The van der Waals surface area contributed by atoms with Gasteiger partial charge in [0.15, 0.2) is 5.75 Å². The molecule has 0 aliphatic rings. The third-order valence-electron chi connectivity index (χ3n) is 3.57. The Hall–Kier alpha value is -1.63. The number of nitrogens with one attached hydrogen (secondary N) is 1. The minimum Gasteiger partial charge on any atom is -0.507 e. The fraction of sp³-hybridized carbons (Fsp3) is 0.263. The van der Waals surface area contributed by atoms with E-state index >= 15 is 0 Å². The first-order valence-electron chi connectivity index (χ1n) is 8.42. The van der Waals surface area contributed by atoms with Gasteiger partial charge >= 0.3 is 5.97 Å². The van der Waals surface area contributed by atoms with E-state index in [-0.39, 0.29) is 24.5 Å². The molecule has 9 heteroatoms. The van der Waals surface area contributed by atoms with Gasteiger partial charge in [-0.2, -0.15) is 0 Å². The van der Waals surface area contributed by atoms with E-state index in [9.17, 15) is 14.7 Å². The number of hydrogen-bond acceptors (Lipinski definition) is 5. The van der Waals surface area contributed by atoms with Gasteiger partial charge in [-0.1, -0.05) is 0 Å². The summed E-state index contributed by atoms with van der Waals surface area (Å²) >= 11 is 7.02. The van der Waals surface area contributed by atoms with Crippen LogP contribution in [0.15, 0.2) is 39.3 Å². The zero-order valence-corrected chi connectivity index (χ0v) is 19.5. The standard InChI is InChI=1S/C19H20Br2NO5P/c1-3-26-17(24)9-22-19(25)13-8-12(4-5-16(13)23)27-18-14(20)6-11(10-28-2)7-15(18)21/h4-8,23,28H,3,9-10H2,1-2H3,(H,22,25). The number of halogens is 2. The number of rotatable bonds is 8. The van der Waals surface area contributed by atoms with E-state index in [1.165, 1.54) is 17.7 Å². The quantitative estimate of drug-likeness (QED) is 0.376. The lowest BCUT2D eigenvalue weighted by Gasteiger charge is -2.13. The average molecular weight is 533 g/mol. The highest BCUT2D eigenvalue weighted by molar-refractivity contribution is 9.11. The van der Waals surface area contributed by atoms with Gasteiger partial charge in [-0.3, -0.25) is 9.59 Å². The molecule has 0 spiro atoms. The predicted octanol–water partition coefficient (Wildman–Crippen LogP) is 4.81. The summed E-state index contributed by atoms with van der Waals surface area (Å²) in [5.74, 6) is -0.444. The Morgan fingerprint density at radius 1 is 1.18 bits per heavy atom. The second kappa shape index (κ2) is 10.8. The molecule has 0 aliphatic carbocycles. The third-order valence-corrected chi connectivity index (χ3v) is 5.51. The van der Waals surface area contributed by atoms with Crippen molar-refractivity contribution in [3.05, 3.63) is 50.4 Å². The second-order valence-corrected chi connectivity index (χ2v) is 8.46. The van der Waals surface area contributed by atoms with E-state index in [1.54, 1.807) is 13.0 Å². The zero-order chi connectivity index (χ0) is 20.7. The molecule has 0 heterocycles. The minimum absolute atomic E-state index is 0.00199. The molecular formula is C19H20Br2NO5P. The van der Waals surface area contributed by atoms with Crippen LogP contribution in [0.2, 0.25) is 0 Å². The van der Waals surface area contributed by atoms with Gasteiger partial charge in [0.1, 0.15) is 18.0 Å². The molecule has 6 nitrogen and oxygen atoms in total. The Labute approximate surface area is 182 Å². The zero-order valence-electron chi connectivity index (χ0n) is 15.3. The van der Waals surface area contributed by atoms with Crippen LogP contribution in [0.1, 0.15) is 22.8 Å². The molecule has 0 fully saturated rings. The van der Waals surface area contributed by atoms with Crippen LogP contribution in [0.4, 0.5) is 0 Å². The van der Waals surface area contributed by atoms with Gasteiger partial charge < -0.3 is 19.9 Å². The SMILES string of the molecule is CCOC(=O)CNC(=O)c1cc(Oc2c(Br)cc(CPC)cc2Br)ccc1O. The number of carbonyl (C=O) groups excluding carboxylic acids is 2. The first-order chi connectivity index (χ1) is 13.3. The van der Waals surface area contributed by atoms with Crippen LogP contribution < -0.4 is 10.1 Å². The Kier molecular flexibility index (Phi) is 8.73. The van der Waals surface area contributed by atoms with Crippen molar-refractivity contribution in [1.29, 1.82) is 0 Å². The van der Waals surface area contributed by atoms with Crippen molar-refractivity contribution in [3.8, 4) is 17.2 Å². The van der Waals surface area contributed by atoms with E-state index in [2.05, 4.69) is 43.8 Å². The molecule has 0 aliphatic heterocycles. The van der Waals surface area contributed by atoms with Crippen molar-refractivity contribution in [2.45, 2.75) is 13.1 Å². The van der Waals surface area contributed by atoms with E-state index in [1.807, 2.05) is 12.1 Å². The second-order valence-electron chi connectivity index (χ2n) is 5.69. The summed E-state index contributed by atoms with van der Waals surface area (Å²) < 4.78 is 12.2. The fourth-order valence-electron chi connectivity index (χ4n) is 2.35. The number of hydrogen-bond donors (Lipinski definition) is 2. The molecule has 0 radical (unpaired) electrons. The number of phenols is 1. The molecular weight excluding hydrogens is 513 g/mol. The summed E-state index contributed by atoms with van der Waals surface area (Å²) in [5, 5.41) is 12.4. The Bertz CT molecular complexity index is 852. The van der Waals surface area contributed by atoms with Gasteiger partial charge in [0.05, 0.1) is 21.1 Å². The molecule has 1 unspecified atom stereocenters. The van der Waals surface area contributed by atoms with Gasteiger partial charge in [0, 0.05) is 0 Å². The summed E-state index contributed by atoms with van der Waals surface area (Å²) in [4.78, 5) is 23.7. The lowest BCUT2D eigenvalue weighted by molar-refractivity contribution is -0.141. The monoisotopic (exact) mass is 531 g/mol. The van der Waals surface area contributed by atoms with E-state index in [0.29, 0.717) is 11.5 Å². The highest BCUT2D eigenvalue weighted by Gasteiger charge is 2.16. The molecule has 0 bridgehead atoms. The van der Waals surface area contributed by atoms with Gasteiger partial charge in [-0.05, 0) is 87.5 Å². The van der Waals surface area contributed by atoms with E-state index < -0.39 is 11.9 Å². The first kappa shape index (κ1) is 22.7. The molecule has 1 amide bonds. The van der Waals surface area contributed by atoms with Crippen molar-refractivity contribution in [1.82, 2.24) is 5.32 Å². The minimum atomic E-state index is -0.603. The molecule has 0 aromatic heterocycles. The van der Waals surface area contributed by atoms with Gasteiger partial charge in [0.25, 0.3) is 5.91 Å². The number of amides is 1. The number of benzene rings is 2. The Morgan fingerprint density at radius 2 is 1.86 bits per heavy atom. The van der Waals surface area contributed by atoms with Crippen molar-refractivity contribution >= 4 is 52.3 Å². The summed E-state index contributed by atoms with van der Waals surface area (Å²) in [7, 11) is 0.802. The molecule has 150 valence electrons. The number of carbonyl (C=O) groups is 2.